The number of nitro groups is 1. The standard InChI is InChI=1S/C16H12ClF3N2O3S/c1-9-2-3-10(22(24)25)6-14(9)21-15(23)8-26-11-4-5-13(17)12(7-11)16(18,19)20/h2-7H,8H2,1H3,(H,21,23). The quantitative estimate of drug-likeness (QED) is 0.416. The highest BCUT2D eigenvalue weighted by Gasteiger charge is 2.33. The van der Waals surface area contributed by atoms with Gasteiger partial charge < -0.3 is 5.32 Å². The molecule has 5 nitrogen and oxygen atoms in total. The van der Waals surface area contributed by atoms with Crippen LogP contribution in [0.5, 0.6) is 0 Å². The third-order valence-electron chi connectivity index (χ3n) is 3.32. The number of nitro benzene ring substituents is 1. The maximum Gasteiger partial charge on any atom is 0.417 e. The van der Waals surface area contributed by atoms with Crippen molar-refractivity contribution in [3.8, 4) is 0 Å². The van der Waals surface area contributed by atoms with E-state index in [-0.39, 0.29) is 22.0 Å². The molecule has 0 aromatic heterocycles. The van der Waals surface area contributed by atoms with Crippen LogP contribution in [0.15, 0.2) is 41.3 Å². The Balaban J connectivity index is 2.06. The number of thioether (sulfide) groups is 1. The fraction of sp³-hybridized carbons (Fsp3) is 0.188. The van der Waals surface area contributed by atoms with E-state index in [0.717, 1.165) is 23.9 Å². The lowest BCUT2D eigenvalue weighted by Crippen LogP contribution is -2.15. The minimum Gasteiger partial charge on any atom is -0.325 e. The average Bonchev–Trinajstić information content (AvgIpc) is 2.54. The molecule has 0 aliphatic heterocycles. The van der Waals surface area contributed by atoms with Crippen molar-refractivity contribution in [2.75, 3.05) is 11.1 Å². The van der Waals surface area contributed by atoms with Crippen LogP contribution in [0.25, 0.3) is 0 Å². The molecule has 26 heavy (non-hydrogen) atoms. The minimum absolute atomic E-state index is 0.166. The van der Waals surface area contributed by atoms with E-state index in [0.29, 0.717) is 5.56 Å². The molecule has 1 N–H and O–H groups in total. The molecule has 0 radical (unpaired) electrons. The highest BCUT2D eigenvalue weighted by atomic mass is 35.5. The number of nitrogens with one attached hydrogen (secondary N) is 1. The fourth-order valence-corrected chi connectivity index (χ4v) is 2.96. The van der Waals surface area contributed by atoms with Gasteiger partial charge in [0.25, 0.3) is 5.69 Å². The van der Waals surface area contributed by atoms with Crippen molar-refractivity contribution in [3.05, 3.63) is 62.7 Å². The predicted octanol–water partition coefficient (Wildman–Crippen LogP) is 5.31. The summed E-state index contributed by atoms with van der Waals surface area (Å²) in [4.78, 5) is 22.4. The molecule has 0 heterocycles. The van der Waals surface area contributed by atoms with E-state index in [2.05, 4.69) is 5.32 Å². The second-order valence-electron chi connectivity index (χ2n) is 5.23. The molecule has 0 aliphatic carbocycles. The second-order valence-corrected chi connectivity index (χ2v) is 6.69. The van der Waals surface area contributed by atoms with Gasteiger partial charge in [0.1, 0.15) is 0 Å². The van der Waals surface area contributed by atoms with Gasteiger partial charge in [-0.1, -0.05) is 17.7 Å². The zero-order valence-corrected chi connectivity index (χ0v) is 14.8. The van der Waals surface area contributed by atoms with E-state index in [4.69, 9.17) is 11.6 Å². The lowest BCUT2D eigenvalue weighted by molar-refractivity contribution is -0.384. The van der Waals surface area contributed by atoms with Gasteiger partial charge in [0.15, 0.2) is 0 Å². The molecule has 2 rings (SSSR count). The highest BCUT2D eigenvalue weighted by molar-refractivity contribution is 8.00. The van der Waals surface area contributed by atoms with Gasteiger partial charge in [0.2, 0.25) is 5.91 Å². The number of alkyl halides is 3. The van der Waals surface area contributed by atoms with Gasteiger partial charge in [-0.3, -0.25) is 14.9 Å². The van der Waals surface area contributed by atoms with Crippen LogP contribution >= 0.6 is 23.4 Å². The van der Waals surface area contributed by atoms with E-state index in [1.165, 1.54) is 24.3 Å². The molecule has 0 saturated carbocycles. The zero-order chi connectivity index (χ0) is 19.5. The van der Waals surface area contributed by atoms with Crippen LogP contribution in [-0.2, 0) is 11.0 Å². The molecule has 0 bridgehead atoms. The maximum atomic E-state index is 12.8. The third kappa shape index (κ3) is 5.12. The molecule has 0 saturated heterocycles. The summed E-state index contributed by atoms with van der Waals surface area (Å²) < 4.78 is 38.5. The van der Waals surface area contributed by atoms with Gasteiger partial charge in [0.05, 0.1) is 26.9 Å². The number of aryl methyl sites for hydroxylation is 1. The molecule has 2 aromatic carbocycles. The van der Waals surface area contributed by atoms with Gasteiger partial charge in [-0.15, -0.1) is 11.8 Å². The molecule has 0 spiro atoms. The van der Waals surface area contributed by atoms with Crippen molar-refractivity contribution in [1.29, 1.82) is 0 Å². The number of rotatable bonds is 5. The summed E-state index contributed by atoms with van der Waals surface area (Å²) in [7, 11) is 0. The lowest BCUT2D eigenvalue weighted by atomic mass is 10.2. The largest absolute Gasteiger partial charge is 0.417 e. The number of non-ortho nitro benzene ring substituents is 1. The Kier molecular flexibility index (Phi) is 6.14. The molecule has 0 aliphatic rings. The SMILES string of the molecule is Cc1ccc([N+](=O)[O-])cc1NC(=O)CSc1ccc(Cl)c(C(F)(F)F)c1. The Morgan fingerprint density at radius 2 is 1.96 bits per heavy atom. The lowest BCUT2D eigenvalue weighted by Gasteiger charge is -2.11. The molecule has 2 aromatic rings. The topological polar surface area (TPSA) is 72.2 Å². The first kappa shape index (κ1) is 20.1. The van der Waals surface area contributed by atoms with Crippen molar-refractivity contribution in [2.45, 2.75) is 18.0 Å². The summed E-state index contributed by atoms with van der Waals surface area (Å²) in [6.45, 7) is 1.67. The van der Waals surface area contributed by atoms with E-state index in [9.17, 15) is 28.1 Å². The minimum atomic E-state index is -4.59. The Hall–Kier alpha value is -2.26. The van der Waals surface area contributed by atoms with Crippen molar-refractivity contribution < 1.29 is 22.9 Å². The van der Waals surface area contributed by atoms with E-state index in [1.807, 2.05) is 0 Å². The van der Waals surface area contributed by atoms with E-state index >= 15 is 0 Å². The molecular weight excluding hydrogens is 393 g/mol. The van der Waals surface area contributed by atoms with Crippen LogP contribution in [-0.4, -0.2) is 16.6 Å². The molecule has 0 unspecified atom stereocenters. The summed E-state index contributed by atoms with van der Waals surface area (Å²) in [6.07, 6.45) is -4.59. The Bertz CT molecular complexity index is 859. The van der Waals surface area contributed by atoms with Crippen molar-refractivity contribution in [2.24, 2.45) is 0 Å². The normalized spacial score (nSPS) is 11.3. The third-order valence-corrected chi connectivity index (χ3v) is 4.64. The first-order valence-corrected chi connectivity index (χ1v) is 8.48. The first-order valence-electron chi connectivity index (χ1n) is 7.12. The molecular formula is C16H12ClF3N2O3S. The Morgan fingerprint density at radius 1 is 1.27 bits per heavy atom. The van der Waals surface area contributed by atoms with Crippen molar-refractivity contribution in [3.63, 3.8) is 0 Å². The fourth-order valence-electron chi connectivity index (χ4n) is 2.00. The number of amides is 1. The van der Waals surface area contributed by atoms with E-state index < -0.39 is 27.6 Å². The van der Waals surface area contributed by atoms with Crippen LogP contribution in [0.4, 0.5) is 24.5 Å². The summed E-state index contributed by atoms with van der Waals surface area (Å²) in [6, 6.07) is 7.41. The van der Waals surface area contributed by atoms with Gasteiger partial charge >= 0.3 is 6.18 Å². The summed E-state index contributed by atoms with van der Waals surface area (Å²) >= 11 is 6.44. The summed E-state index contributed by atoms with van der Waals surface area (Å²) in [5.41, 5.74) is -0.248. The Labute approximate surface area is 155 Å². The number of nitrogens with zero attached hydrogens (tertiary/aromatic N) is 1. The van der Waals surface area contributed by atoms with Crippen LogP contribution in [0, 0.1) is 17.0 Å². The van der Waals surface area contributed by atoms with Crippen LogP contribution in [0.1, 0.15) is 11.1 Å². The highest BCUT2D eigenvalue weighted by Crippen LogP contribution is 2.37. The monoisotopic (exact) mass is 404 g/mol. The number of halogens is 4. The number of benzene rings is 2. The van der Waals surface area contributed by atoms with Crippen molar-refractivity contribution in [1.82, 2.24) is 0 Å². The predicted molar refractivity (Wildman–Crippen MR) is 93.6 cm³/mol. The van der Waals surface area contributed by atoms with E-state index in [1.54, 1.807) is 6.92 Å². The van der Waals surface area contributed by atoms with Crippen LogP contribution in [0.2, 0.25) is 5.02 Å². The number of carbonyl (C=O) groups is 1. The van der Waals surface area contributed by atoms with Gasteiger partial charge in [-0.25, -0.2) is 0 Å². The average molecular weight is 405 g/mol. The second kappa shape index (κ2) is 7.96. The number of hydrogen-bond donors (Lipinski definition) is 1. The first-order chi connectivity index (χ1) is 12.1. The van der Waals surface area contributed by atoms with Gasteiger partial charge in [0, 0.05) is 17.0 Å². The maximum absolute atomic E-state index is 12.8. The van der Waals surface area contributed by atoms with Crippen molar-refractivity contribution >= 4 is 40.6 Å². The summed E-state index contributed by atoms with van der Waals surface area (Å²) in [5.74, 6) is -0.664. The zero-order valence-electron chi connectivity index (χ0n) is 13.3. The van der Waals surface area contributed by atoms with Crippen LogP contribution < -0.4 is 5.32 Å². The van der Waals surface area contributed by atoms with Gasteiger partial charge in [-0.05, 0) is 30.7 Å². The number of hydrogen-bond acceptors (Lipinski definition) is 4. The molecule has 10 heteroatoms. The Morgan fingerprint density at radius 3 is 2.58 bits per heavy atom. The van der Waals surface area contributed by atoms with Gasteiger partial charge in [-0.2, -0.15) is 13.2 Å². The molecule has 0 atom stereocenters. The molecule has 1 amide bonds. The smallest absolute Gasteiger partial charge is 0.325 e. The number of carbonyl (C=O) groups excluding carboxylic acids is 1. The molecule has 138 valence electrons. The summed E-state index contributed by atoms with van der Waals surface area (Å²) in [5, 5.41) is 12.9. The van der Waals surface area contributed by atoms with Crippen LogP contribution in [0.3, 0.4) is 0 Å². The number of anilines is 1. The molecule has 0 fully saturated rings.